The summed E-state index contributed by atoms with van der Waals surface area (Å²) >= 11 is 0. The summed E-state index contributed by atoms with van der Waals surface area (Å²) in [5, 5.41) is 0. The van der Waals surface area contributed by atoms with Gasteiger partial charge in [-0.25, -0.2) is 0 Å². The van der Waals surface area contributed by atoms with Crippen LogP contribution in [0.4, 0.5) is 0 Å². The molecule has 8 heavy (non-hydrogen) atoms. The van der Waals surface area contributed by atoms with E-state index in [1.807, 2.05) is 11.9 Å². The third kappa shape index (κ3) is 0.790. The number of nitrogens with zero attached hydrogens (tertiary/aromatic N) is 1. The Morgan fingerprint density at radius 3 is 2.38 bits per heavy atom. The Morgan fingerprint density at radius 1 is 1.62 bits per heavy atom. The Kier molecular flexibility index (Phi) is 1.43. The first kappa shape index (κ1) is 5.50. The standard InChI is InChI=1S/C7H11N/c1-3-8(2)7-5-4-6-7/h1,7H,4-6H2,2H3. The average Bonchev–Trinajstić information content (AvgIpc) is 1.62. The van der Waals surface area contributed by atoms with Gasteiger partial charge in [0.15, 0.2) is 0 Å². The second kappa shape index (κ2) is 2.09. The van der Waals surface area contributed by atoms with E-state index in [0.29, 0.717) is 6.04 Å². The van der Waals surface area contributed by atoms with Crippen molar-refractivity contribution in [1.82, 2.24) is 4.90 Å². The zero-order chi connectivity index (χ0) is 5.98. The van der Waals surface area contributed by atoms with E-state index in [9.17, 15) is 0 Å². The molecule has 0 N–H and O–H groups in total. The van der Waals surface area contributed by atoms with Gasteiger partial charge in [-0.1, -0.05) is 6.42 Å². The third-order valence-corrected chi connectivity index (χ3v) is 1.83. The van der Waals surface area contributed by atoms with Crippen molar-refractivity contribution in [1.29, 1.82) is 0 Å². The van der Waals surface area contributed by atoms with Crippen LogP contribution >= 0.6 is 0 Å². The molecule has 1 aliphatic rings. The molecule has 1 fully saturated rings. The number of hydrogen-bond acceptors (Lipinski definition) is 1. The molecule has 0 aliphatic heterocycles. The minimum Gasteiger partial charge on any atom is -0.333 e. The first-order valence-electron chi connectivity index (χ1n) is 3.03. The summed E-state index contributed by atoms with van der Waals surface area (Å²) in [5.74, 6) is 0. The molecular formula is C7H11N. The van der Waals surface area contributed by atoms with Gasteiger partial charge in [0.2, 0.25) is 0 Å². The van der Waals surface area contributed by atoms with Gasteiger partial charge in [0, 0.05) is 19.1 Å². The van der Waals surface area contributed by atoms with Crippen LogP contribution in [-0.2, 0) is 0 Å². The van der Waals surface area contributed by atoms with Crippen molar-refractivity contribution in [3.05, 3.63) is 0 Å². The van der Waals surface area contributed by atoms with Crippen molar-refractivity contribution in [2.45, 2.75) is 25.3 Å². The summed E-state index contributed by atoms with van der Waals surface area (Å²) in [6, 6.07) is 3.29. The van der Waals surface area contributed by atoms with E-state index in [4.69, 9.17) is 6.42 Å². The van der Waals surface area contributed by atoms with Crippen LogP contribution in [-0.4, -0.2) is 18.0 Å². The fraction of sp³-hybridized carbons (Fsp3) is 0.714. The Balaban J connectivity index is 2.26. The molecule has 0 radical (unpaired) electrons. The molecule has 0 unspecified atom stereocenters. The van der Waals surface area contributed by atoms with Crippen LogP contribution in [0.2, 0.25) is 0 Å². The van der Waals surface area contributed by atoms with E-state index in [2.05, 4.69) is 6.04 Å². The Labute approximate surface area is 50.7 Å². The Morgan fingerprint density at radius 2 is 2.25 bits per heavy atom. The van der Waals surface area contributed by atoms with E-state index in [-0.39, 0.29) is 0 Å². The van der Waals surface area contributed by atoms with Gasteiger partial charge in [-0.05, 0) is 19.3 Å². The number of terminal acetylenes is 1. The van der Waals surface area contributed by atoms with Crippen molar-refractivity contribution in [2.75, 3.05) is 7.05 Å². The third-order valence-electron chi connectivity index (χ3n) is 1.83. The molecule has 0 aromatic rings. The zero-order valence-electron chi connectivity index (χ0n) is 5.22. The molecule has 44 valence electrons. The van der Waals surface area contributed by atoms with Gasteiger partial charge in [0.05, 0.1) is 0 Å². The van der Waals surface area contributed by atoms with Gasteiger partial charge in [0.25, 0.3) is 0 Å². The van der Waals surface area contributed by atoms with E-state index in [1.54, 1.807) is 0 Å². The van der Waals surface area contributed by atoms with Gasteiger partial charge >= 0.3 is 0 Å². The number of hydrogen-bond donors (Lipinski definition) is 0. The quantitative estimate of drug-likeness (QED) is 0.359. The maximum absolute atomic E-state index is 5.16. The monoisotopic (exact) mass is 109 g/mol. The molecule has 1 rings (SSSR count). The largest absolute Gasteiger partial charge is 0.333 e. The molecular weight excluding hydrogens is 98.1 g/mol. The lowest BCUT2D eigenvalue weighted by molar-refractivity contribution is 0.229. The van der Waals surface area contributed by atoms with Crippen LogP contribution in [0.5, 0.6) is 0 Å². The first-order valence-corrected chi connectivity index (χ1v) is 3.03. The Hall–Kier alpha value is -0.640. The lowest BCUT2D eigenvalue weighted by Crippen LogP contribution is -2.33. The fourth-order valence-corrected chi connectivity index (χ4v) is 0.879. The molecule has 1 nitrogen and oxygen atoms in total. The van der Waals surface area contributed by atoms with E-state index < -0.39 is 0 Å². The highest BCUT2D eigenvalue weighted by atomic mass is 15.1. The molecule has 0 aromatic heterocycles. The highest BCUT2D eigenvalue weighted by Gasteiger charge is 2.19. The summed E-state index contributed by atoms with van der Waals surface area (Å²) in [4.78, 5) is 1.96. The van der Waals surface area contributed by atoms with Crippen LogP contribution in [0.15, 0.2) is 0 Å². The van der Waals surface area contributed by atoms with Crippen molar-refractivity contribution >= 4 is 0 Å². The smallest absolute Gasteiger partial charge is 0.0368 e. The predicted octanol–water partition coefficient (Wildman–Crippen LogP) is 1.06. The normalized spacial score (nSPS) is 19.0. The van der Waals surface area contributed by atoms with Crippen LogP contribution in [0, 0.1) is 12.5 Å². The second-order valence-corrected chi connectivity index (χ2v) is 2.32. The SMILES string of the molecule is C#CN(C)C1CCC1. The molecule has 0 aromatic carbocycles. The summed E-state index contributed by atoms with van der Waals surface area (Å²) < 4.78 is 0. The lowest BCUT2D eigenvalue weighted by Gasteiger charge is -2.31. The van der Waals surface area contributed by atoms with Crippen LogP contribution in [0.25, 0.3) is 0 Å². The summed E-state index contributed by atoms with van der Waals surface area (Å²) in [6.45, 7) is 0. The van der Waals surface area contributed by atoms with Gasteiger partial charge in [-0.2, -0.15) is 0 Å². The molecule has 0 heterocycles. The van der Waals surface area contributed by atoms with Crippen molar-refractivity contribution in [2.24, 2.45) is 0 Å². The van der Waals surface area contributed by atoms with Crippen LogP contribution in [0.1, 0.15) is 19.3 Å². The van der Waals surface area contributed by atoms with E-state index in [1.165, 1.54) is 19.3 Å². The second-order valence-electron chi connectivity index (χ2n) is 2.32. The van der Waals surface area contributed by atoms with Gasteiger partial charge in [-0.3, -0.25) is 0 Å². The first-order chi connectivity index (χ1) is 3.84. The molecule has 1 saturated carbocycles. The minimum atomic E-state index is 0.694. The van der Waals surface area contributed by atoms with Crippen molar-refractivity contribution in [3.8, 4) is 12.5 Å². The topological polar surface area (TPSA) is 3.24 Å². The molecule has 0 atom stereocenters. The van der Waals surface area contributed by atoms with Crippen molar-refractivity contribution < 1.29 is 0 Å². The fourth-order valence-electron chi connectivity index (χ4n) is 0.879. The molecule has 0 spiro atoms. The molecule has 0 bridgehead atoms. The lowest BCUT2D eigenvalue weighted by atomic mass is 9.92. The van der Waals surface area contributed by atoms with Gasteiger partial charge < -0.3 is 4.90 Å². The molecule has 0 saturated heterocycles. The summed E-state index contributed by atoms with van der Waals surface area (Å²) in [6.07, 6.45) is 9.10. The maximum Gasteiger partial charge on any atom is 0.0368 e. The van der Waals surface area contributed by atoms with E-state index in [0.717, 1.165) is 0 Å². The number of rotatable bonds is 1. The van der Waals surface area contributed by atoms with Crippen LogP contribution in [0.3, 0.4) is 0 Å². The summed E-state index contributed by atoms with van der Waals surface area (Å²) in [7, 11) is 1.98. The zero-order valence-corrected chi connectivity index (χ0v) is 5.22. The summed E-state index contributed by atoms with van der Waals surface area (Å²) in [5.41, 5.74) is 0. The maximum atomic E-state index is 5.16. The molecule has 0 amide bonds. The highest BCUT2D eigenvalue weighted by molar-refractivity contribution is 4.90. The predicted molar refractivity (Wildman–Crippen MR) is 34.2 cm³/mol. The van der Waals surface area contributed by atoms with Gasteiger partial charge in [0.1, 0.15) is 0 Å². The molecule has 1 aliphatic carbocycles. The molecule has 1 heteroatoms. The highest BCUT2D eigenvalue weighted by Crippen LogP contribution is 2.22. The Bertz CT molecular complexity index is 108. The van der Waals surface area contributed by atoms with E-state index >= 15 is 0 Å². The average molecular weight is 109 g/mol. The minimum absolute atomic E-state index is 0.694. The van der Waals surface area contributed by atoms with Crippen LogP contribution < -0.4 is 0 Å². The van der Waals surface area contributed by atoms with Crippen molar-refractivity contribution in [3.63, 3.8) is 0 Å². The van der Waals surface area contributed by atoms with Gasteiger partial charge in [-0.15, -0.1) is 0 Å².